The van der Waals surface area contributed by atoms with Gasteiger partial charge < -0.3 is 15.4 Å². The molecule has 2 aromatic heterocycles. The highest BCUT2D eigenvalue weighted by atomic mass is 16.5. The number of aromatic nitrogens is 3. The van der Waals surface area contributed by atoms with Gasteiger partial charge in [0.15, 0.2) is 0 Å². The molecule has 130 valence electrons. The van der Waals surface area contributed by atoms with Gasteiger partial charge in [-0.3, -0.25) is 9.78 Å². The highest BCUT2D eigenvalue weighted by Gasteiger charge is 2.29. The number of hydrogen-bond donors (Lipinski definition) is 1. The molecule has 1 saturated heterocycles. The number of ether oxygens (including phenoxy) is 1. The van der Waals surface area contributed by atoms with Crippen LogP contribution in [0.25, 0.3) is 0 Å². The van der Waals surface area contributed by atoms with Crippen molar-refractivity contribution < 1.29 is 9.53 Å². The predicted molar refractivity (Wildman–Crippen MR) is 92.0 cm³/mol. The summed E-state index contributed by atoms with van der Waals surface area (Å²) in [5, 5.41) is 0. The average Bonchev–Trinajstić information content (AvgIpc) is 3.46. The molecule has 0 unspecified atom stereocenters. The topological polar surface area (TPSA) is 94.2 Å². The summed E-state index contributed by atoms with van der Waals surface area (Å²) in [6.45, 7) is 3.34. The van der Waals surface area contributed by atoms with E-state index in [0.717, 1.165) is 30.1 Å². The lowest BCUT2D eigenvalue weighted by atomic mass is 10.1. The Morgan fingerprint density at radius 2 is 2.04 bits per heavy atom. The van der Waals surface area contributed by atoms with Crippen LogP contribution >= 0.6 is 0 Å². The number of aryl methyl sites for hydroxylation is 1. The maximum absolute atomic E-state index is 12.8. The van der Waals surface area contributed by atoms with Gasteiger partial charge in [-0.1, -0.05) is 0 Å². The van der Waals surface area contributed by atoms with Crippen molar-refractivity contribution in [3.63, 3.8) is 0 Å². The lowest BCUT2D eigenvalue weighted by molar-refractivity contribution is -0.0247. The van der Waals surface area contributed by atoms with Crippen molar-refractivity contribution in [3.8, 4) is 0 Å². The molecule has 2 aromatic rings. The van der Waals surface area contributed by atoms with E-state index in [1.807, 2.05) is 13.0 Å². The van der Waals surface area contributed by atoms with Gasteiger partial charge in [0.2, 0.25) is 0 Å². The first kappa shape index (κ1) is 16.0. The number of carbonyl (C=O) groups is 1. The zero-order valence-electron chi connectivity index (χ0n) is 14.2. The fourth-order valence-electron chi connectivity index (χ4n) is 3.08. The van der Waals surface area contributed by atoms with Crippen molar-refractivity contribution >= 4 is 11.6 Å². The van der Waals surface area contributed by atoms with E-state index in [-0.39, 0.29) is 12.0 Å². The number of nitrogens with two attached hydrogens (primary N) is 1. The molecular weight excluding hydrogens is 318 g/mol. The van der Waals surface area contributed by atoms with Crippen molar-refractivity contribution in [1.29, 1.82) is 0 Å². The average molecular weight is 339 g/mol. The molecule has 4 rings (SSSR count). The van der Waals surface area contributed by atoms with Crippen molar-refractivity contribution in [3.05, 3.63) is 47.3 Å². The molecule has 7 nitrogen and oxygen atoms in total. The molecule has 25 heavy (non-hydrogen) atoms. The van der Waals surface area contributed by atoms with Crippen molar-refractivity contribution in [1.82, 2.24) is 19.9 Å². The van der Waals surface area contributed by atoms with Crippen LogP contribution in [0.1, 0.15) is 52.4 Å². The molecule has 1 atom stereocenters. The molecule has 1 saturated carbocycles. The molecule has 7 heteroatoms. The van der Waals surface area contributed by atoms with Gasteiger partial charge in [0.1, 0.15) is 11.9 Å². The molecule has 0 aromatic carbocycles. The van der Waals surface area contributed by atoms with Gasteiger partial charge in [-0.2, -0.15) is 0 Å². The molecule has 1 aliphatic heterocycles. The summed E-state index contributed by atoms with van der Waals surface area (Å²) >= 11 is 0. The number of rotatable bonds is 3. The second-order valence-electron chi connectivity index (χ2n) is 6.68. The highest BCUT2D eigenvalue weighted by Crippen LogP contribution is 2.37. The van der Waals surface area contributed by atoms with Crippen LogP contribution in [0.5, 0.6) is 0 Å². The van der Waals surface area contributed by atoms with Gasteiger partial charge in [0.05, 0.1) is 24.4 Å². The molecule has 0 radical (unpaired) electrons. The molecule has 2 fully saturated rings. The van der Waals surface area contributed by atoms with Crippen molar-refractivity contribution in [2.45, 2.75) is 31.8 Å². The fraction of sp³-hybridized carbons (Fsp3) is 0.444. The Hall–Kier alpha value is -2.54. The lowest BCUT2D eigenvalue weighted by Gasteiger charge is -2.32. The molecule has 1 amide bonds. The van der Waals surface area contributed by atoms with Crippen molar-refractivity contribution in [2.24, 2.45) is 0 Å². The summed E-state index contributed by atoms with van der Waals surface area (Å²) in [5.74, 6) is 1.25. The van der Waals surface area contributed by atoms with Gasteiger partial charge >= 0.3 is 0 Å². The van der Waals surface area contributed by atoms with E-state index in [1.165, 1.54) is 0 Å². The molecular formula is C18H21N5O2. The van der Waals surface area contributed by atoms with E-state index < -0.39 is 0 Å². The second kappa shape index (κ2) is 6.40. The van der Waals surface area contributed by atoms with E-state index in [1.54, 1.807) is 23.4 Å². The number of nitrogens with zero attached hydrogens (tertiary/aromatic N) is 4. The second-order valence-corrected chi connectivity index (χ2v) is 6.68. The van der Waals surface area contributed by atoms with Gasteiger partial charge in [0, 0.05) is 36.2 Å². The molecule has 2 N–H and O–H groups in total. The molecule has 2 aliphatic rings. The Kier molecular flexibility index (Phi) is 4.09. The Balaban J connectivity index is 1.49. The zero-order chi connectivity index (χ0) is 17.4. The first-order valence-electron chi connectivity index (χ1n) is 8.57. The van der Waals surface area contributed by atoms with Crippen LogP contribution in [0.15, 0.2) is 24.5 Å². The number of amides is 1. The Morgan fingerprint density at radius 3 is 2.72 bits per heavy atom. The summed E-state index contributed by atoms with van der Waals surface area (Å²) in [4.78, 5) is 27.7. The van der Waals surface area contributed by atoms with E-state index in [0.29, 0.717) is 36.9 Å². The largest absolute Gasteiger partial charge is 0.399 e. The number of carbonyl (C=O) groups excluding carboxylic acids is 1. The van der Waals surface area contributed by atoms with Crippen LogP contribution < -0.4 is 5.73 Å². The molecule has 3 heterocycles. The third kappa shape index (κ3) is 3.46. The lowest BCUT2D eigenvalue weighted by Crippen LogP contribution is -2.42. The summed E-state index contributed by atoms with van der Waals surface area (Å²) < 4.78 is 5.81. The Morgan fingerprint density at radius 1 is 1.28 bits per heavy atom. The standard InChI is InChI=1S/C18H21N5O2/c1-11-6-14(19)7-15(22-11)16-10-23(4-5-25-16)18(24)13-8-20-17(21-9-13)12-2-3-12/h6-9,12,16H,2-5,10H2,1H3,(H2,19,22)/t16-/m0/s1. The van der Waals surface area contributed by atoms with Gasteiger partial charge in [-0.05, 0) is 31.9 Å². The smallest absolute Gasteiger partial charge is 0.257 e. The summed E-state index contributed by atoms with van der Waals surface area (Å²) in [7, 11) is 0. The van der Waals surface area contributed by atoms with E-state index in [4.69, 9.17) is 10.5 Å². The monoisotopic (exact) mass is 339 g/mol. The van der Waals surface area contributed by atoms with Crippen LogP contribution in [0.2, 0.25) is 0 Å². The van der Waals surface area contributed by atoms with Crippen molar-refractivity contribution in [2.75, 3.05) is 25.4 Å². The third-order valence-electron chi connectivity index (χ3n) is 4.54. The van der Waals surface area contributed by atoms with Crippen LogP contribution in [-0.2, 0) is 4.74 Å². The van der Waals surface area contributed by atoms with Crippen LogP contribution in [0, 0.1) is 6.92 Å². The highest BCUT2D eigenvalue weighted by molar-refractivity contribution is 5.93. The minimum absolute atomic E-state index is 0.0729. The maximum atomic E-state index is 12.8. The van der Waals surface area contributed by atoms with Gasteiger partial charge in [0.25, 0.3) is 5.91 Å². The molecule has 1 aliphatic carbocycles. The Labute approximate surface area is 146 Å². The first-order valence-corrected chi connectivity index (χ1v) is 8.57. The Bertz CT molecular complexity index is 768. The SMILES string of the molecule is Cc1cc(N)cc([C@@H]2CN(C(=O)c3cnc(C4CC4)nc3)CCO2)n1. The van der Waals surface area contributed by atoms with E-state index in [2.05, 4.69) is 15.0 Å². The number of pyridine rings is 1. The van der Waals surface area contributed by atoms with Crippen LogP contribution in [-0.4, -0.2) is 45.5 Å². The van der Waals surface area contributed by atoms with Crippen LogP contribution in [0.4, 0.5) is 5.69 Å². The third-order valence-corrected chi connectivity index (χ3v) is 4.54. The van der Waals surface area contributed by atoms with E-state index in [9.17, 15) is 4.79 Å². The molecule has 0 bridgehead atoms. The summed E-state index contributed by atoms with van der Waals surface area (Å²) in [6.07, 6.45) is 5.29. The summed E-state index contributed by atoms with van der Waals surface area (Å²) in [5.41, 5.74) is 8.67. The molecule has 0 spiro atoms. The van der Waals surface area contributed by atoms with Gasteiger partial charge in [-0.15, -0.1) is 0 Å². The number of nitrogen functional groups attached to an aromatic ring is 1. The quantitative estimate of drug-likeness (QED) is 0.917. The number of morpholine rings is 1. The fourth-order valence-corrected chi connectivity index (χ4v) is 3.08. The number of hydrogen-bond acceptors (Lipinski definition) is 6. The minimum Gasteiger partial charge on any atom is -0.399 e. The number of anilines is 1. The predicted octanol–water partition coefficient (Wildman–Crippen LogP) is 1.85. The summed E-state index contributed by atoms with van der Waals surface area (Å²) in [6, 6.07) is 3.62. The maximum Gasteiger partial charge on any atom is 0.257 e. The normalized spacial score (nSPS) is 20.5. The first-order chi connectivity index (χ1) is 12.1. The van der Waals surface area contributed by atoms with E-state index >= 15 is 0 Å². The zero-order valence-corrected chi connectivity index (χ0v) is 14.2. The van der Waals surface area contributed by atoms with Crippen LogP contribution in [0.3, 0.4) is 0 Å². The minimum atomic E-state index is -0.272. The van der Waals surface area contributed by atoms with Gasteiger partial charge in [-0.25, -0.2) is 9.97 Å².